The molecule has 1 aromatic heterocycles. The van der Waals surface area contributed by atoms with Gasteiger partial charge in [0.2, 0.25) is 0 Å². The van der Waals surface area contributed by atoms with E-state index in [2.05, 4.69) is 154 Å². The minimum Gasteiger partial charge on any atom is -0.399 e. The zero-order valence-corrected chi connectivity index (χ0v) is 23.4. The fourth-order valence-electron chi connectivity index (χ4n) is 5.68. The molecule has 3 nitrogen and oxygen atoms in total. The largest absolute Gasteiger partial charge is 0.494 e. The Morgan fingerprint density at radius 2 is 0.950 bits per heavy atom. The molecule has 6 aromatic rings. The van der Waals surface area contributed by atoms with Crippen LogP contribution in [0.3, 0.4) is 0 Å². The molecule has 1 aliphatic heterocycles. The van der Waals surface area contributed by atoms with Crippen LogP contribution in [0.25, 0.3) is 49.7 Å². The normalized spacial score (nSPS) is 16.1. The van der Waals surface area contributed by atoms with Crippen LogP contribution in [0, 0.1) is 0 Å². The monoisotopic (exact) mass is 521 g/mol. The number of benzene rings is 5. The average molecular weight is 521 g/mol. The van der Waals surface area contributed by atoms with Crippen LogP contribution in [-0.4, -0.2) is 22.9 Å². The first kappa shape index (κ1) is 24.9. The lowest BCUT2D eigenvalue weighted by Crippen LogP contribution is -2.41. The Kier molecular flexibility index (Phi) is 5.74. The number of rotatable bonds is 4. The molecule has 0 aliphatic carbocycles. The summed E-state index contributed by atoms with van der Waals surface area (Å²) in [6.07, 6.45) is 0. The van der Waals surface area contributed by atoms with Gasteiger partial charge in [0.25, 0.3) is 0 Å². The number of hydrogen-bond donors (Lipinski definition) is 0. The SMILES string of the molecule is CC1(C)OB(c2ccc(-n3c4ccc(-c5ccccc5)cc4c4cc(-c5ccccc5)ccc43)cc2)OC1(C)C. The summed E-state index contributed by atoms with van der Waals surface area (Å²) >= 11 is 0. The summed E-state index contributed by atoms with van der Waals surface area (Å²) < 4.78 is 15.0. The Morgan fingerprint density at radius 1 is 0.500 bits per heavy atom. The van der Waals surface area contributed by atoms with Gasteiger partial charge in [0.05, 0.1) is 22.2 Å². The number of nitrogens with zero attached hydrogens (tertiary/aromatic N) is 1. The van der Waals surface area contributed by atoms with Crippen molar-refractivity contribution in [2.24, 2.45) is 0 Å². The van der Waals surface area contributed by atoms with Crippen LogP contribution >= 0.6 is 0 Å². The van der Waals surface area contributed by atoms with Gasteiger partial charge in [0.1, 0.15) is 0 Å². The molecule has 2 heterocycles. The van der Waals surface area contributed by atoms with Crippen molar-refractivity contribution in [1.82, 2.24) is 4.57 Å². The third kappa shape index (κ3) is 4.07. The maximum Gasteiger partial charge on any atom is 0.494 e. The predicted molar refractivity (Wildman–Crippen MR) is 167 cm³/mol. The smallest absolute Gasteiger partial charge is 0.399 e. The van der Waals surface area contributed by atoms with Gasteiger partial charge in [-0.1, -0.05) is 84.9 Å². The second-order valence-electron chi connectivity index (χ2n) is 11.7. The van der Waals surface area contributed by atoms with E-state index in [0.717, 1.165) is 11.2 Å². The van der Waals surface area contributed by atoms with E-state index < -0.39 is 0 Å². The zero-order chi connectivity index (χ0) is 27.5. The van der Waals surface area contributed by atoms with Crippen molar-refractivity contribution in [3.63, 3.8) is 0 Å². The molecule has 0 bridgehead atoms. The Labute approximate surface area is 236 Å². The van der Waals surface area contributed by atoms with E-state index in [-0.39, 0.29) is 18.3 Å². The van der Waals surface area contributed by atoms with Crippen LogP contribution in [0.2, 0.25) is 0 Å². The summed E-state index contributed by atoms with van der Waals surface area (Å²) in [6.45, 7) is 8.36. The molecule has 4 heteroatoms. The van der Waals surface area contributed by atoms with Crippen LogP contribution in [0.1, 0.15) is 27.7 Å². The van der Waals surface area contributed by atoms with Crippen LogP contribution in [-0.2, 0) is 9.31 Å². The molecule has 1 aliphatic rings. The minimum atomic E-state index is -0.376. The molecule has 0 N–H and O–H groups in total. The zero-order valence-electron chi connectivity index (χ0n) is 23.4. The molecule has 0 spiro atoms. The van der Waals surface area contributed by atoms with Crippen molar-refractivity contribution in [1.29, 1.82) is 0 Å². The van der Waals surface area contributed by atoms with Gasteiger partial charge in [-0.15, -0.1) is 0 Å². The molecule has 1 saturated heterocycles. The molecule has 1 fully saturated rings. The summed E-state index contributed by atoms with van der Waals surface area (Å²) in [6, 6.07) is 43.4. The number of aromatic nitrogens is 1. The summed E-state index contributed by atoms with van der Waals surface area (Å²) in [5.74, 6) is 0. The van der Waals surface area contributed by atoms with Crippen LogP contribution in [0.4, 0.5) is 0 Å². The van der Waals surface area contributed by atoms with E-state index in [0.29, 0.717) is 0 Å². The molecule has 7 rings (SSSR count). The molecule has 196 valence electrons. The molecule has 0 atom stereocenters. The van der Waals surface area contributed by atoms with E-state index in [1.165, 1.54) is 44.1 Å². The molecular formula is C36H32BNO2. The quantitative estimate of drug-likeness (QED) is 0.218. The fourth-order valence-corrected chi connectivity index (χ4v) is 5.68. The van der Waals surface area contributed by atoms with Crippen molar-refractivity contribution in [2.45, 2.75) is 38.9 Å². The Hall–Kier alpha value is -4.12. The second kappa shape index (κ2) is 9.23. The van der Waals surface area contributed by atoms with Crippen molar-refractivity contribution < 1.29 is 9.31 Å². The van der Waals surface area contributed by atoms with E-state index >= 15 is 0 Å². The molecule has 0 unspecified atom stereocenters. The summed E-state index contributed by atoms with van der Waals surface area (Å²) in [5, 5.41) is 2.48. The minimum absolute atomic E-state index is 0.365. The van der Waals surface area contributed by atoms with E-state index in [9.17, 15) is 0 Å². The molecule has 0 saturated carbocycles. The molecule has 40 heavy (non-hydrogen) atoms. The van der Waals surface area contributed by atoms with E-state index in [4.69, 9.17) is 9.31 Å². The number of hydrogen-bond acceptors (Lipinski definition) is 2. The predicted octanol–water partition coefficient (Wildman–Crippen LogP) is 8.42. The van der Waals surface area contributed by atoms with Crippen molar-refractivity contribution >= 4 is 34.4 Å². The molecule has 0 radical (unpaired) electrons. The van der Waals surface area contributed by atoms with Crippen LogP contribution in [0.15, 0.2) is 121 Å². The topological polar surface area (TPSA) is 23.4 Å². The maximum absolute atomic E-state index is 6.30. The van der Waals surface area contributed by atoms with Crippen molar-refractivity contribution in [3.8, 4) is 27.9 Å². The van der Waals surface area contributed by atoms with Gasteiger partial charge in [-0.05, 0) is 91.8 Å². The molecule has 5 aromatic carbocycles. The first-order valence-corrected chi connectivity index (χ1v) is 14.0. The second-order valence-corrected chi connectivity index (χ2v) is 11.7. The summed E-state index contributed by atoms with van der Waals surface area (Å²) in [7, 11) is -0.376. The van der Waals surface area contributed by atoms with E-state index in [1.54, 1.807) is 0 Å². The fraction of sp³-hybridized carbons (Fsp3) is 0.167. The Bertz CT molecular complexity index is 1720. The van der Waals surface area contributed by atoms with Gasteiger partial charge in [-0.25, -0.2) is 0 Å². The average Bonchev–Trinajstić information content (AvgIpc) is 3.42. The van der Waals surface area contributed by atoms with E-state index in [1.807, 2.05) is 0 Å². The van der Waals surface area contributed by atoms with Gasteiger partial charge in [-0.3, -0.25) is 0 Å². The van der Waals surface area contributed by atoms with Crippen LogP contribution < -0.4 is 5.46 Å². The van der Waals surface area contributed by atoms with Crippen molar-refractivity contribution in [2.75, 3.05) is 0 Å². The number of fused-ring (bicyclic) bond motifs is 3. The van der Waals surface area contributed by atoms with Gasteiger partial charge >= 0.3 is 7.12 Å². The lowest BCUT2D eigenvalue weighted by atomic mass is 9.79. The van der Waals surface area contributed by atoms with Crippen molar-refractivity contribution in [3.05, 3.63) is 121 Å². The first-order valence-electron chi connectivity index (χ1n) is 14.0. The first-order chi connectivity index (χ1) is 19.3. The highest BCUT2D eigenvalue weighted by molar-refractivity contribution is 6.62. The van der Waals surface area contributed by atoms with Gasteiger partial charge < -0.3 is 13.9 Å². The summed E-state index contributed by atoms with van der Waals surface area (Å²) in [5.41, 5.74) is 8.65. The Morgan fingerprint density at radius 3 is 1.40 bits per heavy atom. The lowest BCUT2D eigenvalue weighted by Gasteiger charge is -2.32. The molecular weight excluding hydrogens is 489 g/mol. The molecule has 0 amide bonds. The lowest BCUT2D eigenvalue weighted by molar-refractivity contribution is 0.00578. The summed E-state index contributed by atoms with van der Waals surface area (Å²) in [4.78, 5) is 0. The standard InChI is InChI=1S/C36H32BNO2/c1-35(2)36(3,4)40-37(39-35)29-17-19-30(20-18-29)38-33-21-15-27(25-11-7-5-8-12-25)23-31(33)32-24-28(16-22-34(32)38)26-13-9-6-10-14-26/h5-24H,1-4H3. The third-order valence-corrected chi connectivity index (χ3v) is 8.66. The Balaban J connectivity index is 1.38. The van der Waals surface area contributed by atoms with Crippen LogP contribution in [0.5, 0.6) is 0 Å². The van der Waals surface area contributed by atoms with Gasteiger partial charge in [-0.2, -0.15) is 0 Å². The highest BCUT2D eigenvalue weighted by Gasteiger charge is 2.51. The highest BCUT2D eigenvalue weighted by atomic mass is 16.7. The maximum atomic E-state index is 6.30. The third-order valence-electron chi connectivity index (χ3n) is 8.66. The highest BCUT2D eigenvalue weighted by Crippen LogP contribution is 2.38. The van der Waals surface area contributed by atoms with Gasteiger partial charge in [0.15, 0.2) is 0 Å². The van der Waals surface area contributed by atoms with Gasteiger partial charge in [0, 0.05) is 16.5 Å².